The molecule has 0 bridgehead atoms. The lowest BCUT2D eigenvalue weighted by Crippen LogP contribution is -2.06. The number of hydrogen-bond acceptors (Lipinski definition) is 1. The van der Waals surface area contributed by atoms with Crippen LogP contribution < -0.4 is 0 Å². The van der Waals surface area contributed by atoms with Crippen molar-refractivity contribution >= 4 is 12.6 Å². The lowest BCUT2D eigenvalue weighted by molar-refractivity contribution is 0.694. The summed E-state index contributed by atoms with van der Waals surface area (Å²) in [6.45, 7) is 2.13. The van der Waals surface area contributed by atoms with Crippen LogP contribution in [0, 0.1) is 0 Å². The van der Waals surface area contributed by atoms with E-state index in [1.807, 2.05) is 0 Å². The van der Waals surface area contributed by atoms with E-state index in [-0.39, 0.29) is 4.75 Å². The van der Waals surface area contributed by atoms with Crippen molar-refractivity contribution in [2.45, 2.75) is 37.4 Å². The van der Waals surface area contributed by atoms with E-state index in [1.165, 1.54) is 36.8 Å². The van der Waals surface area contributed by atoms with Gasteiger partial charge in [0.2, 0.25) is 0 Å². The van der Waals surface area contributed by atoms with E-state index in [0.717, 1.165) is 0 Å². The molecule has 0 spiro atoms. The Labute approximate surface area is 85.8 Å². The molecule has 0 heterocycles. The minimum atomic E-state index is -0.0582. The monoisotopic (exact) mass is 192 g/mol. The zero-order valence-electron chi connectivity index (χ0n) is 8.09. The quantitative estimate of drug-likeness (QED) is 0.556. The maximum atomic E-state index is 4.57. The zero-order chi connectivity index (χ0) is 9.31. The second kappa shape index (κ2) is 3.38. The fourth-order valence-electron chi connectivity index (χ4n) is 1.93. The fraction of sp³-hybridized carbons (Fsp3) is 0.500. The molecule has 2 aliphatic rings. The first-order valence-corrected chi connectivity index (χ1v) is 5.45. The highest BCUT2D eigenvalue weighted by molar-refractivity contribution is 7.82. The lowest BCUT2D eigenvalue weighted by atomic mass is 9.92. The maximum absolute atomic E-state index is 4.57. The van der Waals surface area contributed by atoms with E-state index in [2.05, 4.69) is 43.9 Å². The highest BCUT2D eigenvalue weighted by Gasteiger charge is 2.16. The van der Waals surface area contributed by atoms with Crippen LogP contribution in [0.2, 0.25) is 0 Å². The van der Waals surface area contributed by atoms with Gasteiger partial charge in [0, 0.05) is 4.75 Å². The number of allylic oxidation sites excluding steroid dienone is 4. The molecule has 0 unspecified atom stereocenters. The van der Waals surface area contributed by atoms with Gasteiger partial charge in [-0.25, -0.2) is 0 Å². The van der Waals surface area contributed by atoms with Crippen LogP contribution in [0.1, 0.15) is 32.6 Å². The van der Waals surface area contributed by atoms with Crippen molar-refractivity contribution in [2.24, 2.45) is 0 Å². The molecule has 0 saturated carbocycles. The summed E-state index contributed by atoms with van der Waals surface area (Å²) in [5.74, 6) is 0. The zero-order valence-corrected chi connectivity index (χ0v) is 8.98. The van der Waals surface area contributed by atoms with Gasteiger partial charge in [-0.1, -0.05) is 24.3 Å². The summed E-state index contributed by atoms with van der Waals surface area (Å²) in [6, 6.07) is 0. The molecule has 0 amide bonds. The van der Waals surface area contributed by atoms with Crippen LogP contribution >= 0.6 is 12.6 Å². The van der Waals surface area contributed by atoms with Gasteiger partial charge in [-0.3, -0.25) is 0 Å². The molecule has 13 heavy (non-hydrogen) atoms. The Hall–Kier alpha value is -0.430. The molecule has 0 aliphatic heterocycles. The molecule has 0 saturated heterocycles. The highest BCUT2D eigenvalue weighted by atomic mass is 32.1. The van der Waals surface area contributed by atoms with E-state index >= 15 is 0 Å². The maximum Gasteiger partial charge on any atom is 0.0466 e. The van der Waals surface area contributed by atoms with E-state index < -0.39 is 0 Å². The summed E-state index contributed by atoms with van der Waals surface area (Å²) in [7, 11) is 0. The number of thiol groups is 1. The Kier molecular flexibility index (Phi) is 2.37. The van der Waals surface area contributed by atoms with Crippen LogP contribution in [0.15, 0.2) is 35.5 Å². The van der Waals surface area contributed by atoms with E-state index in [4.69, 9.17) is 0 Å². The van der Waals surface area contributed by atoms with Crippen molar-refractivity contribution < 1.29 is 0 Å². The average molecular weight is 192 g/mol. The fourth-order valence-corrected chi connectivity index (χ4v) is 2.08. The third kappa shape index (κ3) is 2.08. The van der Waals surface area contributed by atoms with Crippen LogP contribution in [0.4, 0.5) is 0 Å². The third-order valence-electron chi connectivity index (χ3n) is 2.80. The molecule has 2 rings (SSSR count). The molecule has 0 N–H and O–H groups in total. The molecule has 0 fully saturated rings. The number of hydrogen-bond donors (Lipinski definition) is 1. The molecule has 1 heteroatoms. The minimum Gasteiger partial charge on any atom is -0.164 e. The van der Waals surface area contributed by atoms with Gasteiger partial charge in [0.05, 0.1) is 0 Å². The molecule has 2 aliphatic carbocycles. The molecule has 0 radical (unpaired) electrons. The van der Waals surface area contributed by atoms with Gasteiger partial charge in [0.25, 0.3) is 0 Å². The predicted octanol–water partition coefficient (Wildman–Crippen LogP) is 3.67. The van der Waals surface area contributed by atoms with Gasteiger partial charge in [-0.05, 0) is 43.8 Å². The van der Waals surface area contributed by atoms with Crippen LogP contribution in [-0.2, 0) is 0 Å². The standard InChI is InChI=1S/C12H16S/c1-12(13)8-6-10-4-2-3-5-11(10)7-9-12/h6-9,13H,2-5H2,1H3. The molecule has 0 aromatic heterocycles. The van der Waals surface area contributed by atoms with Crippen LogP contribution in [0.3, 0.4) is 0 Å². The summed E-state index contributed by atoms with van der Waals surface area (Å²) < 4.78 is -0.0582. The smallest absolute Gasteiger partial charge is 0.0466 e. The summed E-state index contributed by atoms with van der Waals surface area (Å²) in [5, 5.41) is 0. The van der Waals surface area contributed by atoms with Gasteiger partial charge >= 0.3 is 0 Å². The van der Waals surface area contributed by atoms with E-state index in [9.17, 15) is 0 Å². The first kappa shape index (κ1) is 9.14. The SMILES string of the molecule is CC1(S)C=CC2=C(C=C1)CCCC2. The molecule has 0 atom stereocenters. The summed E-state index contributed by atoms with van der Waals surface area (Å²) in [4.78, 5) is 0. The topological polar surface area (TPSA) is 0 Å². The van der Waals surface area contributed by atoms with Gasteiger partial charge in [-0.15, -0.1) is 0 Å². The van der Waals surface area contributed by atoms with Gasteiger partial charge in [-0.2, -0.15) is 12.6 Å². The van der Waals surface area contributed by atoms with Crippen molar-refractivity contribution in [1.82, 2.24) is 0 Å². The molecular weight excluding hydrogens is 176 g/mol. The van der Waals surface area contributed by atoms with Crippen molar-refractivity contribution in [3.63, 3.8) is 0 Å². The van der Waals surface area contributed by atoms with Gasteiger partial charge in [0.15, 0.2) is 0 Å². The molecule has 0 aromatic carbocycles. The van der Waals surface area contributed by atoms with Crippen molar-refractivity contribution in [3.05, 3.63) is 35.5 Å². The molecule has 0 aromatic rings. The largest absolute Gasteiger partial charge is 0.164 e. The second-order valence-electron chi connectivity index (χ2n) is 4.15. The van der Waals surface area contributed by atoms with Gasteiger partial charge < -0.3 is 0 Å². The normalized spacial score (nSPS) is 25.7. The van der Waals surface area contributed by atoms with Crippen LogP contribution in [0.5, 0.6) is 0 Å². The van der Waals surface area contributed by atoms with Crippen molar-refractivity contribution in [2.75, 3.05) is 0 Å². The Balaban J connectivity index is 2.32. The highest BCUT2D eigenvalue weighted by Crippen LogP contribution is 2.31. The Bertz CT molecular complexity index is 264. The Morgan fingerprint density at radius 2 is 1.54 bits per heavy atom. The summed E-state index contributed by atoms with van der Waals surface area (Å²) in [5.41, 5.74) is 3.06. The minimum absolute atomic E-state index is 0.0582. The van der Waals surface area contributed by atoms with Crippen molar-refractivity contribution in [1.29, 1.82) is 0 Å². The number of rotatable bonds is 0. The Morgan fingerprint density at radius 3 is 2.00 bits per heavy atom. The van der Waals surface area contributed by atoms with Crippen LogP contribution in [-0.4, -0.2) is 4.75 Å². The first-order valence-electron chi connectivity index (χ1n) is 5.00. The Morgan fingerprint density at radius 1 is 1.08 bits per heavy atom. The average Bonchev–Trinajstić information content (AvgIpc) is 2.27. The third-order valence-corrected chi connectivity index (χ3v) is 3.10. The van der Waals surface area contributed by atoms with Gasteiger partial charge in [0.1, 0.15) is 0 Å². The summed E-state index contributed by atoms with van der Waals surface area (Å²) in [6.07, 6.45) is 14.1. The van der Waals surface area contributed by atoms with Crippen molar-refractivity contribution in [3.8, 4) is 0 Å². The molecule has 0 nitrogen and oxygen atoms in total. The predicted molar refractivity (Wildman–Crippen MR) is 61.2 cm³/mol. The summed E-state index contributed by atoms with van der Waals surface area (Å²) >= 11 is 4.57. The lowest BCUT2D eigenvalue weighted by Gasteiger charge is -2.14. The van der Waals surface area contributed by atoms with E-state index in [0.29, 0.717) is 0 Å². The van der Waals surface area contributed by atoms with Crippen LogP contribution in [0.25, 0.3) is 0 Å². The molecule has 70 valence electrons. The second-order valence-corrected chi connectivity index (χ2v) is 5.11. The van der Waals surface area contributed by atoms with E-state index in [1.54, 1.807) is 0 Å². The molecular formula is C12H16S. The first-order chi connectivity index (χ1) is 6.17.